The molecule has 1 aromatic carbocycles. The summed E-state index contributed by atoms with van der Waals surface area (Å²) >= 11 is 0. The Morgan fingerprint density at radius 3 is 2.29 bits per heavy atom. The van der Waals surface area contributed by atoms with Gasteiger partial charge in [0.2, 0.25) is 0 Å². The maximum atomic E-state index is 11.4. The van der Waals surface area contributed by atoms with E-state index in [9.17, 15) is 9.90 Å². The van der Waals surface area contributed by atoms with E-state index in [4.69, 9.17) is 9.47 Å². The van der Waals surface area contributed by atoms with Crippen molar-refractivity contribution < 1.29 is 19.4 Å². The molecule has 0 saturated carbocycles. The molecule has 0 bridgehead atoms. The number of nitrogens with zero attached hydrogens (tertiary/aromatic N) is 1. The molecule has 1 atom stereocenters. The number of methoxy groups -OCH3 is 2. The zero-order chi connectivity index (χ0) is 16.0. The average Bonchev–Trinajstić information content (AvgIpc) is 2.46. The third-order valence-electron chi connectivity index (χ3n) is 3.95. The summed E-state index contributed by atoms with van der Waals surface area (Å²) in [7, 11) is 3.18. The van der Waals surface area contributed by atoms with Gasteiger partial charge >= 0.3 is 5.97 Å². The van der Waals surface area contributed by atoms with Crippen LogP contribution in [-0.4, -0.2) is 43.3 Å². The summed E-state index contributed by atoms with van der Waals surface area (Å²) in [4.78, 5) is 13.5. The SMILES string of the molecule is CCN(CC)C(C)(CC(=O)O)c1ccc(OC)cc1OC. The van der Waals surface area contributed by atoms with Crippen LogP contribution in [0.5, 0.6) is 11.5 Å². The number of ether oxygens (including phenoxy) is 2. The van der Waals surface area contributed by atoms with Gasteiger partial charge in [0.05, 0.1) is 26.2 Å². The fraction of sp³-hybridized carbons (Fsp3) is 0.562. The summed E-state index contributed by atoms with van der Waals surface area (Å²) in [6.07, 6.45) is 0.0113. The molecule has 0 radical (unpaired) electrons. The Bertz CT molecular complexity index is 485. The normalized spacial score (nSPS) is 13.8. The summed E-state index contributed by atoms with van der Waals surface area (Å²) in [5, 5.41) is 9.32. The summed E-state index contributed by atoms with van der Waals surface area (Å²) in [5.74, 6) is 0.500. The number of hydrogen-bond donors (Lipinski definition) is 1. The zero-order valence-electron chi connectivity index (χ0n) is 13.5. The Hall–Kier alpha value is -1.75. The van der Waals surface area contributed by atoms with Crippen LogP contribution in [0.3, 0.4) is 0 Å². The molecule has 5 nitrogen and oxygen atoms in total. The highest BCUT2D eigenvalue weighted by Gasteiger charge is 2.37. The predicted molar refractivity (Wildman–Crippen MR) is 82.1 cm³/mol. The lowest BCUT2D eigenvalue weighted by Crippen LogP contribution is -2.45. The van der Waals surface area contributed by atoms with Crippen LogP contribution in [0.25, 0.3) is 0 Å². The second kappa shape index (κ2) is 7.31. The van der Waals surface area contributed by atoms with Gasteiger partial charge in [-0.2, -0.15) is 0 Å². The Labute approximate surface area is 126 Å². The Morgan fingerprint density at radius 2 is 1.86 bits per heavy atom. The Kier molecular flexibility index (Phi) is 6.03. The van der Waals surface area contributed by atoms with Crippen molar-refractivity contribution in [2.24, 2.45) is 0 Å². The van der Waals surface area contributed by atoms with Crippen molar-refractivity contribution in [3.05, 3.63) is 23.8 Å². The van der Waals surface area contributed by atoms with Crippen molar-refractivity contribution in [1.82, 2.24) is 4.90 Å². The lowest BCUT2D eigenvalue weighted by Gasteiger charge is -2.40. The lowest BCUT2D eigenvalue weighted by molar-refractivity contribution is -0.140. The molecule has 0 heterocycles. The van der Waals surface area contributed by atoms with Gasteiger partial charge in [0.15, 0.2) is 0 Å². The van der Waals surface area contributed by atoms with Gasteiger partial charge in [-0.15, -0.1) is 0 Å². The smallest absolute Gasteiger partial charge is 0.305 e. The molecule has 21 heavy (non-hydrogen) atoms. The van der Waals surface area contributed by atoms with Gasteiger partial charge in [-0.05, 0) is 32.1 Å². The topological polar surface area (TPSA) is 59.0 Å². The van der Waals surface area contributed by atoms with Crippen LogP contribution in [-0.2, 0) is 10.3 Å². The Morgan fingerprint density at radius 1 is 1.24 bits per heavy atom. The molecule has 0 amide bonds. The first-order valence-corrected chi connectivity index (χ1v) is 7.12. The third-order valence-corrected chi connectivity index (χ3v) is 3.95. The van der Waals surface area contributed by atoms with Crippen LogP contribution in [0.1, 0.15) is 32.8 Å². The summed E-state index contributed by atoms with van der Waals surface area (Å²) in [6, 6.07) is 5.51. The van der Waals surface area contributed by atoms with E-state index in [1.54, 1.807) is 20.3 Å². The van der Waals surface area contributed by atoms with Crippen LogP contribution in [0.4, 0.5) is 0 Å². The maximum absolute atomic E-state index is 11.4. The molecule has 5 heteroatoms. The van der Waals surface area contributed by atoms with Crippen LogP contribution < -0.4 is 9.47 Å². The lowest BCUT2D eigenvalue weighted by atomic mass is 9.85. The molecule has 1 aromatic rings. The minimum Gasteiger partial charge on any atom is -0.497 e. The molecule has 1 unspecified atom stereocenters. The van der Waals surface area contributed by atoms with E-state index in [-0.39, 0.29) is 6.42 Å². The Balaban J connectivity index is 3.41. The van der Waals surface area contributed by atoms with E-state index in [1.165, 1.54) is 0 Å². The van der Waals surface area contributed by atoms with Gasteiger partial charge in [-0.25, -0.2) is 0 Å². The molecule has 0 fully saturated rings. The highest BCUT2D eigenvalue weighted by atomic mass is 16.5. The molecule has 0 aliphatic rings. The summed E-state index contributed by atoms with van der Waals surface area (Å²) in [5.41, 5.74) is 0.226. The van der Waals surface area contributed by atoms with Crippen molar-refractivity contribution in [2.75, 3.05) is 27.3 Å². The van der Waals surface area contributed by atoms with E-state index >= 15 is 0 Å². The molecule has 0 aliphatic heterocycles. The fourth-order valence-corrected chi connectivity index (χ4v) is 2.84. The molecule has 0 aliphatic carbocycles. The number of hydrogen-bond acceptors (Lipinski definition) is 4. The molecule has 0 saturated heterocycles. The largest absolute Gasteiger partial charge is 0.497 e. The van der Waals surface area contributed by atoms with E-state index in [2.05, 4.69) is 4.90 Å². The number of aliphatic carboxylic acids is 1. The molecule has 0 aromatic heterocycles. The predicted octanol–water partition coefficient (Wildman–Crippen LogP) is 2.74. The monoisotopic (exact) mass is 295 g/mol. The number of rotatable bonds is 8. The van der Waals surface area contributed by atoms with Crippen molar-refractivity contribution in [3.63, 3.8) is 0 Å². The number of carboxylic acids is 1. The third kappa shape index (κ3) is 3.67. The number of carboxylic acid groups (broad SMARTS) is 1. The van der Waals surface area contributed by atoms with Crippen LogP contribution in [0.2, 0.25) is 0 Å². The second-order valence-electron chi connectivity index (χ2n) is 5.08. The van der Waals surface area contributed by atoms with Crippen molar-refractivity contribution >= 4 is 5.97 Å². The number of benzene rings is 1. The van der Waals surface area contributed by atoms with Gasteiger partial charge in [-0.3, -0.25) is 9.69 Å². The van der Waals surface area contributed by atoms with Crippen molar-refractivity contribution in [2.45, 2.75) is 32.7 Å². The quantitative estimate of drug-likeness (QED) is 0.799. The minimum atomic E-state index is -0.831. The zero-order valence-corrected chi connectivity index (χ0v) is 13.5. The van der Waals surface area contributed by atoms with Gasteiger partial charge < -0.3 is 14.6 Å². The first-order valence-electron chi connectivity index (χ1n) is 7.12. The van der Waals surface area contributed by atoms with E-state index in [1.807, 2.05) is 32.9 Å². The molecular formula is C16H25NO4. The first kappa shape index (κ1) is 17.3. The molecule has 118 valence electrons. The average molecular weight is 295 g/mol. The van der Waals surface area contributed by atoms with Crippen LogP contribution in [0.15, 0.2) is 18.2 Å². The van der Waals surface area contributed by atoms with Gasteiger partial charge in [0.25, 0.3) is 0 Å². The molecule has 1 rings (SSSR count). The van der Waals surface area contributed by atoms with Gasteiger partial charge in [-0.1, -0.05) is 13.8 Å². The van der Waals surface area contributed by atoms with Crippen molar-refractivity contribution in [3.8, 4) is 11.5 Å². The highest BCUT2D eigenvalue weighted by molar-refractivity contribution is 5.69. The molecular weight excluding hydrogens is 270 g/mol. The van der Waals surface area contributed by atoms with E-state index < -0.39 is 11.5 Å². The second-order valence-corrected chi connectivity index (χ2v) is 5.08. The fourth-order valence-electron chi connectivity index (χ4n) is 2.84. The van der Waals surface area contributed by atoms with E-state index in [0.29, 0.717) is 11.5 Å². The van der Waals surface area contributed by atoms with Crippen molar-refractivity contribution in [1.29, 1.82) is 0 Å². The highest BCUT2D eigenvalue weighted by Crippen LogP contribution is 2.39. The van der Waals surface area contributed by atoms with E-state index in [0.717, 1.165) is 18.7 Å². The van der Waals surface area contributed by atoms with Gasteiger partial charge in [0, 0.05) is 11.6 Å². The maximum Gasteiger partial charge on any atom is 0.305 e. The van der Waals surface area contributed by atoms with Crippen LogP contribution in [0, 0.1) is 0 Å². The molecule has 0 spiro atoms. The minimum absolute atomic E-state index is 0.0113. The summed E-state index contributed by atoms with van der Waals surface area (Å²) in [6.45, 7) is 7.52. The first-order chi connectivity index (χ1) is 9.92. The van der Waals surface area contributed by atoms with Gasteiger partial charge in [0.1, 0.15) is 11.5 Å². The van der Waals surface area contributed by atoms with Crippen LogP contribution >= 0.6 is 0 Å². The summed E-state index contributed by atoms with van der Waals surface area (Å²) < 4.78 is 10.7. The molecule has 1 N–H and O–H groups in total. The standard InChI is InChI=1S/C16H25NO4/c1-6-17(7-2)16(3,11-15(18)19)13-9-8-12(20-4)10-14(13)21-5/h8-10H,6-7,11H2,1-5H3,(H,18,19). The number of carbonyl (C=O) groups is 1.